The van der Waals surface area contributed by atoms with E-state index in [1.165, 1.54) is 31.3 Å². The third-order valence-electron chi connectivity index (χ3n) is 4.13. The van der Waals surface area contributed by atoms with Crippen LogP contribution < -0.4 is 5.73 Å². The van der Waals surface area contributed by atoms with Gasteiger partial charge in [-0.1, -0.05) is 18.2 Å². The Kier molecular flexibility index (Phi) is 6.43. The lowest BCUT2D eigenvalue weighted by Gasteiger charge is -2.31. The molecular weight excluding hydrogens is 337 g/mol. The number of amides is 1. The lowest BCUT2D eigenvalue weighted by Crippen LogP contribution is -2.38. The van der Waals surface area contributed by atoms with Crippen molar-refractivity contribution in [3.63, 3.8) is 0 Å². The van der Waals surface area contributed by atoms with Gasteiger partial charge in [0.2, 0.25) is 0 Å². The Bertz CT molecular complexity index is 806. The van der Waals surface area contributed by atoms with Gasteiger partial charge in [-0.15, -0.1) is 4.91 Å². The van der Waals surface area contributed by atoms with Gasteiger partial charge in [0.15, 0.2) is 0 Å². The molecule has 2 aromatic rings. The van der Waals surface area contributed by atoms with E-state index in [1.807, 2.05) is 0 Å². The van der Waals surface area contributed by atoms with Gasteiger partial charge >= 0.3 is 5.91 Å². The van der Waals surface area contributed by atoms with Crippen LogP contribution in [-0.4, -0.2) is 28.5 Å². The third kappa shape index (κ3) is 4.44. The highest BCUT2D eigenvalue weighted by Crippen LogP contribution is 2.24. The SMILES string of the molecule is CC(C(=O)N=O)N(CCc1ccccc1F)/C(=C\N)c1ccc(O)cc1. The lowest BCUT2D eigenvalue weighted by atomic mass is 10.1. The largest absolute Gasteiger partial charge is 0.508 e. The zero-order chi connectivity index (χ0) is 19.1. The average molecular weight is 357 g/mol. The summed E-state index contributed by atoms with van der Waals surface area (Å²) in [6, 6.07) is 11.7. The van der Waals surface area contributed by atoms with Crippen LogP contribution in [0.2, 0.25) is 0 Å². The van der Waals surface area contributed by atoms with Crippen molar-refractivity contribution in [2.75, 3.05) is 6.54 Å². The summed E-state index contributed by atoms with van der Waals surface area (Å²) in [5.74, 6) is -1.11. The van der Waals surface area contributed by atoms with E-state index in [2.05, 4.69) is 5.18 Å². The summed E-state index contributed by atoms with van der Waals surface area (Å²) in [7, 11) is 0. The molecule has 0 saturated heterocycles. The number of rotatable bonds is 7. The van der Waals surface area contributed by atoms with E-state index in [1.54, 1.807) is 35.2 Å². The summed E-state index contributed by atoms with van der Waals surface area (Å²) in [5, 5.41) is 11.9. The van der Waals surface area contributed by atoms with Crippen molar-refractivity contribution in [3.05, 3.63) is 76.6 Å². The number of nitrogens with two attached hydrogens (primary N) is 1. The van der Waals surface area contributed by atoms with Gasteiger partial charge < -0.3 is 15.7 Å². The standard InChI is InChI=1S/C19H20FN3O3/c1-13(19(25)22-26)23(11-10-14-4-2-3-5-17(14)20)18(12-21)15-6-8-16(24)9-7-15/h2-9,12-13,24H,10-11,21H2,1H3/b18-12-. The number of nitrogens with zero attached hydrogens (tertiary/aromatic N) is 2. The lowest BCUT2D eigenvalue weighted by molar-refractivity contribution is -0.121. The van der Waals surface area contributed by atoms with E-state index >= 15 is 0 Å². The topological polar surface area (TPSA) is 96.0 Å². The van der Waals surface area contributed by atoms with E-state index in [0.717, 1.165) is 0 Å². The van der Waals surface area contributed by atoms with Gasteiger partial charge in [0.05, 0.1) is 5.70 Å². The maximum Gasteiger partial charge on any atom is 0.308 e. The molecule has 0 saturated carbocycles. The summed E-state index contributed by atoms with van der Waals surface area (Å²) in [4.78, 5) is 24.1. The van der Waals surface area contributed by atoms with Crippen LogP contribution in [0, 0.1) is 10.7 Å². The fourth-order valence-electron chi connectivity index (χ4n) is 2.66. The van der Waals surface area contributed by atoms with Gasteiger partial charge in [-0.3, -0.25) is 4.79 Å². The van der Waals surface area contributed by atoms with Crippen molar-refractivity contribution in [2.45, 2.75) is 19.4 Å². The van der Waals surface area contributed by atoms with Crippen LogP contribution in [0.1, 0.15) is 18.1 Å². The smallest absolute Gasteiger partial charge is 0.308 e. The summed E-state index contributed by atoms with van der Waals surface area (Å²) < 4.78 is 13.9. The van der Waals surface area contributed by atoms with E-state index in [0.29, 0.717) is 23.2 Å². The molecule has 1 unspecified atom stereocenters. The van der Waals surface area contributed by atoms with E-state index < -0.39 is 11.9 Å². The van der Waals surface area contributed by atoms with Crippen molar-refractivity contribution in [1.82, 2.24) is 4.90 Å². The van der Waals surface area contributed by atoms with Crippen LogP contribution in [0.3, 0.4) is 0 Å². The molecule has 1 atom stereocenters. The molecule has 0 aliphatic rings. The van der Waals surface area contributed by atoms with Crippen LogP contribution in [0.4, 0.5) is 4.39 Å². The minimum Gasteiger partial charge on any atom is -0.508 e. The number of nitroso groups, excluding NO2 is 1. The molecule has 0 spiro atoms. The molecule has 0 aromatic heterocycles. The number of phenolic OH excluding ortho intramolecular Hbond substituents is 1. The Morgan fingerprint density at radius 1 is 1.27 bits per heavy atom. The third-order valence-corrected chi connectivity index (χ3v) is 4.13. The molecule has 136 valence electrons. The predicted octanol–water partition coefficient (Wildman–Crippen LogP) is 3.01. The fraction of sp³-hybridized carbons (Fsp3) is 0.211. The van der Waals surface area contributed by atoms with E-state index in [4.69, 9.17) is 5.73 Å². The summed E-state index contributed by atoms with van der Waals surface area (Å²) >= 11 is 0. The Morgan fingerprint density at radius 2 is 1.92 bits per heavy atom. The number of carbonyl (C=O) groups excluding carboxylic acids is 1. The second-order valence-electron chi connectivity index (χ2n) is 5.74. The van der Waals surface area contributed by atoms with Gasteiger partial charge in [0, 0.05) is 17.9 Å². The molecule has 3 N–H and O–H groups in total. The van der Waals surface area contributed by atoms with Gasteiger partial charge in [0.1, 0.15) is 17.6 Å². The van der Waals surface area contributed by atoms with E-state index in [9.17, 15) is 19.2 Å². The quantitative estimate of drug-likeness (QED) is 0.743. The number of aromatic hydroxyl groups is 1. The van der Waals surface area contributed by atoms with Gasteiger partial charge in [-0.25, -0.2) is 4.39 Å². The molecule has 0 aliphatic carbocycles. The molecule has 0 aliphatic heterocycles. The molecule has 6 nitrogen and oxygen atoms in total. The molecule has 0 heterocycles. The summed E-state index contributed by atoms with van der Waals surface area (Å²) in [6.07, 6.45) is 1.61. The van der Waals surface area contributed by atoms with Crippen LogP contribution >= 0.6 is 0 Å². The van der Waals surface area contributed by atoms with Crippen LogP contribution in [-0.2, 0) is 11.2 Å². The Balaban J connectivity index is 2.33. The molecule has 2 aromatic carbocycles. The Labute approximate surface area is 150 Å². The molecule has 26 heavy (non-hydrogen) atoms. The number of carbonyl (C=O) groups is 1. The molecule has 1 amide bonds. The highest BCUT2D eigenvalue weighted by molar-refractivity contribution is 5.84. The van der Waals surface area contributed by atoms with Crippen molar-refractivity contribution >= 4 is 11.6 Å². The van der Waals surface area contributed by atoms with Crippen molar-refractivity contribution in [1.29, 1.82) is 0 Å². The minimum absolute atomic E-state index is 0.0849. The summed E-state index contributed by atoms with van der Waals surface area (Å²) in [5.41, 5.74) is 7.37. The summed E-state index contributed by atoms with van der Waals surface area (Å²) in [6.45, 7) is 1.78. The molecule has 0 radical (unpaired) electrons. The van der Waals surface area contributed by atoms with Gasteiger partial charge in [0.25, 0.3) is 0 Å². The van der Waals surface area contributed by atoms with Crippen molar-refractivity contribution in [3.8, 4) is 5.75 Å². The molecule has 7 heteroatoms. The van der Waals surface area contributed by atoms with Crippen molar-refractivity contribution in [2.24, 2.45) is 10.9 Å². The monoisotopic (exact) mass is 357 g/mol. The zero-order valence-corrected chi connectivity index (χ0v) is 14.3. The highest BCUT2D eigenvalue weighted by Gasteiger charge is 2.25. The number of hydrogen-bond acceptors (Lipinski definition) is 5. The first-order chi connectivity index (χ1) is 12.5. The zero-order valence-electron chi connectivity index (χ0n) is 14.3. The number of benzene rings is 2. The molecular formula is C19H20FN3O3. The maximum atomic E-state index is 13.9. The van der Waals surface area contributed by atoms with Gasteiger partial charge in [-0.2, -0.15) is 0 Å². The number of hydrogen-bond donors (Lipinski definition) is 2. The number of phenols is 1. The normalized spacial score (nSPS) is 12.5. The first kappa shape index (κ1) is 19.1. The first-order valence-electron chi connectivity index (χ1n) is 8.06. The Morgan fingerprint density at radius 3 is 2.50 bits per heavy atom. The maximum absolute atomic E-state index is 13.9. The van der Waals surface area contributed by atoms with Crippen molar-refractivity contribution < 1.29 is 14.3 Å². The fourth-order valence-corrected chi connectivity index (χ4v) is 2.66. The average Bonchev–Trinajstić information content (AvgIpc) is 2.66. The van der Waals surface area contributed by atoms with E-state index in [-0.39, 0.29) is 18.1 Å². The molecule has 0 fully saturated rings. The van der Waals surface area contributed by atoms with Gasteiger partial charge in [-0.05, 0) is 54.8 Å². The Hall–Kier alpha value is -3.22. The van der Waals surface area contributed by atoms with Crippen LogP contribution in [0.5, 0.6) is 5.75 Å². The van der Waals surface area contributed by atoms with Crippen LogP contribution in [0.15, 0.2) is 59.9 Å². The second kappa shape index (κ2) is 8.75. The first-order valence-corrected chi connectivity index (χ1v) is 8.06. The predicted molar refractivity (Wildman–Crippen MR) is 97.3 cm³/mol. The number of halogens is 1. The second-order valence-corrected chi connectivity index (χ2v) is 5.74. The minimum atomic E-state index is -0.872. The molecule has 0 bridgehead atoms. The van der Waals surface area contributed by atoms with Crippen LogP contribution in [0.25, 0.3) is 5.70 Å². The highest BCUT2D eigenvalue weighted by atomic mass is 19.1. The molecule has 2 rings (SSSR count).